The minimum Gasteiger partial charge on any atom is -0.391 e. The van der Waals surface area contributed by atoms with E-state index in [1.807, 2.05) is 30.3 Å². The predicted molar refractivity (Wildman–Crippen MR) is 126 cm³/mol. The number of aliphatic hydroxyl groups excluding tert-OH is 1. The number of hydrogen-bond acceptors (Lipinski definition) is 6. The van der Waals surface area contributed by atoms with Gasteiger partial charge in [0.25, 0.3) is 11.8 Å². The monoisotopic (exact) mass is 463 g/mol. The van der Waals surface area contributed by atoms with Crippen LogP contribution in [-0.2, 0) is 11.2 Å². The van der Waals surface area contributed by atoms with Crippen molar-refractivity contribution >= 4 is 17.5 Å². The summed E-state index contributed by atoms with van der Waals surface area (Å²) in [7, 11) is 0. The third-order valence-corrected chi connectivity index (χ3v) is 5.58. The minimum atomic E-state index is -0.760. The Morgan fingerprint density at radius 2 is 1.97 bits per heavy atom. The SMILES string of the molecule is Cc1cccc(C(=O)Nc2cn(C3CCCCO3)nc2C(=O)NCC(O)Cc2ccccc2)n1. The molecule has 2 unspecified atom stereocenters. The summed E-state index contributed by atoms with van der Waals surface area (Å²) in [5.74, 6) is -0.930. The van der Waals surface area contributed by atoms with Crippen LogP contribution in [-0.4, -0.2) is 50.9 Å². The molecule has 3 heterocycles. The summed E-state index contributed by atoms with van der Waals surface area (Å²) in [5.41, 5.74) is 2.25. The van der Waals surface area contributed by atoms with Crippen molar-refractivity contribution in [2.24, 2.45) is 0 Å². The Bertz CT molecular complexity index is 1130. The van der Waals surface area contributed by atoms with Crippen LogP contribution in [0.25, 0.3) is 0 Å². The van der Waals surface area contributed by atoms with E-state index >= 15 is 0 Å². The first-order valence-corrected chi connectivity index (χ1v) is 11.5. The summed E-state index contributed by atoms with van der Waals surface area (Å²) < 4.78 is 7.36. The van der Waals surface area contributed by atoms with Gasteiger partial charge in [-0.3, -0.25) is 9.59 Å². The van der Waals surface area contributed by atoms with Crippen LogP contribution in [0.5, 0.6) is 0 Å². The molecule has 178 valence electrons. The van der Waals surface area contributed by atoms with Gasteiger partial charge in [-0.1, -0.05) is 36.4 Å². The van der Waals surface area contributed by atoms with Gasteiger partial charge in [-0.05, 0) is 43.9 Å². The van der Waals surface area contributed by atoms with E-state index in [-0.39, 0.29) is 29.8 Å². The maximum absolute atomic E-state index is 13.0. The molecule has 9 heteroatoms. The molecule has 0 bridgehead atoms. The molecular formula is C25H29N5O4. The van der Waals surface area contributed by atoms with E-state index in [1.165, 1.54) is 0 Å². The number of carbonyl (C=O) groups excluding carboxylic acids is 2. The van der Waals surface area contributed by atoms with E-state index in [4.69, 9.17) is 4.74 Å². The number of rotatable bonds is 8. The van der Waals surface area contributed by atoms with Crippen molar-refractivity contribution in [2.45, 2.75) is 44.9 Å². The number of nitrogens with zero attached hydrogens (tertiary/aromatic N) is 3. The molecular weight excluding hydrogens is 434 g/mol. The number of benzene rings is 1. The van der Waals surface area contributed by atoms with Crippen molar-refractivity contribution in [1.82, 2.24) is 20.1 Å². The van der Waals surface area contributed by atoms with E-state index in [0.717, 1.165) is 24.8 Å². The zero-order valence-electron chi connectivity index (χ0n) is 19.1. The largest absolute Gasteiger partial charge is 0.391 e. The molecule has 2 atom stereocenters. The molecule has 1 saturated heterocycles. The molecule has 3 aromatic rings. The molecule has 34 heavy (non-hydrogen) atoms. The third kappa shape index (κ3) is 6.06. The van der Waals surface area contributed by atoms with Gasteiger partial charge in [-0.15, -0.1) is 0 Å². The number of amides is 2. The highest BCUT2D eigenvalue weighted by Gasteiger charge is 2.24. The molecule has 0 radical (unpaired) electrons. The van der Waals surface area contributed by atoms with Crippen molar-refractivity contribution in [2.75, 3.05) is 18.5 Å². The van der Waals surface area contributed by atoms with Crippen LogP contribution in [0.3, 0.4) is 0 Å². The van der Waals surface area contributed by atoms with E-state index in [1.54, 1.807) is 36.0 Å². The first-order valence-electron chi connectivity index (χ1n) is 11.5. The fourth-order valence-corrected chi connectivity index (χ4v) is 3.84. The van der Waals surface area contributed by atoms with E-state index in [9.17, 15) is 14.7 Å². The smallest absolute Gasteiger partial charge is 0.274 e. The summed E-state index contributed by atoms with van der Waals surface area (Å²) in [6.07, 6.45) is 3.70. The summed E-state index contributed by atoms with van der Waals surface area (Å²) in [5, 5.41) is 20.3. The van der Waals surface area contributed by atoms with E-state index in [0.29, 0.717) is 18.7 Å². The highest BCUT2D eigenvalue weighted by molar-refractivity contribution is 6.07. The van der Waals surface area contributed by atoms with Gasteiger partial charge in [-0.25, -0.2) is 9.67 Å². The van der Waals surface area contributed by atoms with Crippen molar-refractivity contribution in [3.8, 4) is 0 Å². The van der Waals surface area contributed by atoms with Crippen molar-refractivity contribution in [3.63, 3.8) is 0 Å². The van der Waals surface area contributed by atoms with Gasteiger partial charge in [0, 0.05) is 25.3 Å². The number of aryl methyl sites for hydroxylation is 1. The molecule has 1 aromatic carbocycles. The van der Waals surface area contributed by atoms with Crippen molar-refractivity contribution in [1.29, 1.82) is 0 Å². The maximum atomic E-state index is 13.0. The van der Waals surface area contributed by atoms with Gasteiger partial charge >= 0.3 is 0 Å². The molecule has 1 fully saturated rings. The number of aliphatic hydroxyl groups is 1. The van der Waals surface area contributed by atoms with Gasteiger partial charge < -0.3 is 20.5 Å². The lowest BCUT2D eigenvalue weighted by Gasteiger charge is -2.22. The molecule has 3 N–H and O–H groups in total. The van der Waals surface area contributed by atoms with Crippen molar-refractivity contribution in [3.05, 3.63) is 77.4 Å². The van der Waals surface area contributed by atoms with Gasteiger partial charge in [0.15, 0.2) is 5.69 Å². The lowest BCUT2D eigenvalue weighted by Crippen LogP contribution is -2.34. The Kier molecular flexibility index (Phi) is 7.66. The molecule has 9 nitrogen and oxygen atoms in total. The van der Waals surface area contributed by atoms with Gasteiger partial charge in [-0.2, -0.15) is 5.10 Å². The molecule has 2 aromatic heterocycles. The molecule has 0 saturated carbocycles. The number of carbonyl (C=O) groups is 2. The van der Waals surface area contributed by atoms with Crippen LogP contribution in [0, 0.1) is 6.92 Å². The second-order valence-corrected chi connectivity index (χ2v) is 8.36. The Hall–Kier alpha value is -3.56. The van der Waals surface area contributed by atoms with Crippen LogP contribution in [0.4, 0.5) is 5.69 Å². The summed E-state index contributed by atoms with van der Waals surface area (Å²) in [6, 6.07) is 14.7. The predicted octanol–water partition coefficient (Wildman–Crippen LogP) is 2.87. The fraction of sp³-hybridized carbons (Fsp3) is 0.360. The number of nitrogens with one attached hydrogen (secondary N) is 2. The third-order valence-electron chi connectivity index (χ3n) is 5.58. The average Bonchev–Trinajstić information content (AvgIpc) is 3.27. The zero-order valence-corrected chi connectivity index (χ0v) is 19.1. The topological polar surface area (TPSA) is 118 Å². The van der Waals surface area contributed by atoms with Crippen LogP contribution >= 0.6 is 0 Å². The van der Waals surface area contributed by atoms with E-state index < -0.39 is 17.9 Å². The molecule has 1 aliphatic rings. The lowest BCUT2D eigenvalue weighted by atomic mass is 10.1. The summed E-state index contributed by atoms with van der Waals surface area (Å²) in [4.78, 5) is 30.0. The highest BCUT2D eigenvalue weighted by Crippen LogP contribution is 2.25. The summed E-state index contributed by atoms with van der Waals surface area (Å²) in [6.45, 7) is 2.47. The molecule has 2 amide bonds. The Morgan fingerprint density at radius 1 is 1.15 bits per heavy atom. The minimum absolute atomic E-state index is 0.0489. The Morgan fingerprint density at radius 3 is 2.71 bits per heavy atom. The van der Waals surface area contributed by atoms with Crippen molar-refractivity contribution < 1.29 is 19.4 Å². The second kappa shape index (κ2) is 11.0. The van der Waals surface area contributed by atoms with Crippen LogP contribution in [0.2, 0.25) is 0 Å². The Labute approximate surface area is 198 Å². The normalized spacial score (nSPS) is 16.6. The fourth-order valence-electron chi connectivity index (χ4n) is 3.84. The van der Waals surface area contributed by atoms with E-state index in [2.05, 4.69) is 20.7 Å². The average molecular weight is 464 g/mol. The van der Waals surface area contributed by atoms with Crippen LogP contribution < -0.4 is 10.6 Å². The molecule has 1 aliphatic heterocycles. The number of aromatic nitrogens is 3. The quantitative estimate of drug-likeness (QED) is 0.473. The first-order chi connectivity index (χ1) is 16.5. The molecule has 0 aliphatic carbocycles. The molecule has 4 rings (SSSR count). The molecule has 0 spiro atoms. The standard InChI is InChI=1S/C25H29N5O4/c1-17-8-7-11-20(27-17)24(32)28-21-16-30(22-12-5-6-13-34-22)29-23(21)25(33)26-15-19(31)14-18-9-3-2-4-10-18/h2-4,7-11,16,19,22,31H,5-6,12-15H2,1H3,(H,26,33)(H,28,32). The number of pyridine rings is 1. The van der Waals surface area contributed by atoms with Crippen LogP contribution in [0.15, 0.2) is 54.7 Å². The first kappa shape index (κ1) is 23.6. The maximum Gasteiger partial charge on any atom is 0.274 e. The Balaban J connectivity index is 1.48. The van der Waals surface area contributed by atoms with Gasteiger partial charge in [0.1, 0.15) is 11.9 Å². The second-order valence-electron chi connectivity index (χ2n) is 8.36. The highest BCUT2D eigenvalue weighted by atomic mass is 16.5. The zero-order chi connectivity index (χ0) is 23.9. The number of ether oxygens (including phenoxy) is 1. The van der Waals surface area contributed by atoms with Gasteiger partial charge in [0.05, 0.1) is 18.0 Å². The van der Waals surface area contributed by atoms with Crippen LogP contribution in [0.1, 0.15) is 57.7 Å². The number of hydrogen-bond donors (Lipinski definition) is 3. The van der Waals surface area contributed by atoms with Gasteiger partial charge in [0.2, 0.25) is 0 Å². The number of anilines is 1. The lowest BCUT2D eigenvalue weighted by molar-refractivity contribution is -0.0395. The summed E-state index contributed by atoms with van der Waals surface area (Å²) >= 11 is 0.